The van der Waals surface area contributed by atoms with E-state index in [2.05, 4.69) is 10.6 Å². The minimum atomic E-state index is -0.583. The van der Waals surface area contributed by atoms with Gasteiger partial charge in [0.25, 0.3) is 0 Å². The molecular formula is C28H41N3O3. The molecular weight excluding hydrogens is 426 g/mol. The maximum absolute atomic E-state index is 13.2. The molecule has 0 fully saturated rings. The molecule has 6 heteroatoms. The van der Waals surface area contributed by atoms with Crippen LogP contribution < -0.4 is 10.6 Å². The highest BCUT2D eigenvalue weighted by Crippen LogP contribution is 2.16. The fourth-order valence-electron chi connectivity index (χ4n) is 4.32. The number of nitrogens with zero attached hydrogens (tertiary/aromatic N) is 1. The average molecular weight is 468 g/mol. The van der Waals surface area contributed by atoms with Crippen LogP contribution in [0.25, 0.3) is 0 Å². The van der Waals surface area contributed by atoms with Crippen molar-refractivity contribution in [3.8, 4) is 0 Å². The number of carbonyl (C=O) groups is 2. The summed E-state index contributed by atoms with van der Waals surface area (Å²) in [6.07, 6.45) is 1.38. The lowest BCUT2D eigenvalue weighted by Gasteiger charge is -2.37. The molecule has 0 heterocycles. The van der Waals surface area contributed by atoms with Crippen LogP contribution in [-0.4, -0.2) is 58.1 Å². The third-order valence-corrected chi connectivity index (χ3v) is 6.01. The summed E-state index contributed by atoms with van der Waals surface area (Å²) in [5.74, 6) is -0.338. The van der Waals surface area contributed by atoms with Gasteiger partial charge >= 0.3 is 0 Å². The zero-order valence-corrected chi connectivity index (χ0v) is 21.5. The van der Waals surface area contributed by atoms with Crippen molar-refractivity contribution in [1.29, 1.82) is 0 Å². The molecule has 2 unspecified atom stereocenters. The normalized spacial score (nSPS) is 13.9. The van der Waals surface area contributed by atoms with Crippen LogP contribution in [0.3, 0.4) is 0 Å². The fourth-order valence-corrected chi connectivity index (χ4v) is 4.32. The van der Waals surface area contributed by atoms with Gasteiger partial charge in [0.05, 0.1) is 18.7 Å². The second-order valence-corrected chi connectivity index (χ2v) is 10.4. The van der Waals surface area contributed by atoms with Crippen LogP contribution in [0.2, 0.25) is 0 Å². The molecule has 2 rings (SSSR count). The minimum Gasteiger partial charge on any atom is -0.395 e. The van der Waals surface area contributed by atoms with Gasteiger partial charge in [0, 0.05) is 17.6 Å². The number of hydrogen-bond acceptors (Lipinski definition) is 4. The Balaban J connectivity index is 2.04. The number of rotatable bonds is 12. The smallest absolute Gasteiger partial charge is 0.237 e. The van der Waals surface area contributed by atoms with Crippen LogP contribution in [0.1, 0.15) is 52.7 Å². The summed E-state index contributed by atoms with van der Waals surface area (Å²) in [4.78, 5) is 28.1. The Morgan fingerprint density at radius 1 is 0.765 bits per heavy atom. The van der Waals surface area contributed by atoms with E-state index >= 15 is 0 Å². The molecule has 6 nitrogen and oxygen atoms in total. The second kappa shape index (κ2) is 12.1. The fraction of sp³-hybridized carbons (Fsp3) is 0.500. The Bertz CT molecular complexity index is 840. The minimum absolute atomic E-state index is 0.143. The molecule has 0 aliphatic rings. The zero-order chi connectivity index (χ0) is 25.4. The molecule has 3 N–H and O–H groups in total. The standard InChI is InChI=1S/C28H41N3O3/c1-21(25(33)29-27(3,4)19-23-13-9-7-10-14-23)31(17-18-32)22(2)26(34)30-28(5,6)20-24-15-11-8-12-16-24/h7-16,21-22,32H,17-20H2,1-6H3,(H,29,33)(H,30,34). The van der Waals surface area contributed by atoms with E-state index in [9.17, 15) is 14.7 Å². The summed E-state index contributed by atoms with van der Waals surface area (Å²) in [7, 11) is 0. The van der Waals surface area contributed by atoms with E-state index in [1.165, 1.54) is 0 Å². The molecule has 0 saturated carbocycles. The number of aliphatic hydroxyl groups is 1. The van der Waals surface area contributed by atoms with Crippen molar-refractivity contribution < 1.29 is 14.7 Å². The van der Waals surface area contributed by atoms with Crippen LogP contribution in [0.15, 0.2) is 60.7 Å². The molecule has 0 aromatic heterocycles. The van der Waals surface area contributed by atoms with Gasteiger partial charge in [-0.1, -0.05) is 60.7 Å². The molecule has 2 aromatic rings. The van der Waals surface area contributed by atoms with E-state index in [0.717, 1.165) is 11.1 Å². The van der Waals surface area contributed by atoms with E-state index in [-0.39, 0.29) is 25.0 Å². The first-order valence-electron chi connectivity index (χ1n) is 12.0. The Labute approximate surface area is 204 Å². The number of hydrogen-bond donors (Lipinski definition) is 3. The number of benzene rings is 2. The quantitative estimate of drug-likeness (QED) is 0.447. The van der Waals surface area contributed by atoms with Gasteiger partial charge in [-0.25, -0.2) is 0 Å². The van der Waals surface area contributed by atoms with Gasteiger partial charge in [-0.2, -0.15) is 0 Å². The Morgan fingerprint density at radius 2 is 1.12 bits per heavy atom. The predicted octanol–water partition coefficient (Wildman–Crippen LogP) is 3.33. The van der Waals surface area contributed by atoms with Crippen LogP contribution in [0.5, 0.6) is 0 Å². The van der Waals surface area contributed by atoms with Gasteiger partial charge in [0.1, 0.15) is 0 Å². The highest BCUT2D eigenvalue weighted by Gasteiger charge is 2.33. The van der Waals surface area contributed by atoms with Crippen molar-refractivity contribution in [1.82, 2.24) is 15.5 Å². The van der Waals surface area contributed by atoms with Crippen molar-refractivity contribution in [2.75, 3.05) is 13.2 Å². The molecule has 0 aliphatic heterocycles. The summed E-state index contributed by atoms with van der Waals surface area (Å²) in [5, 5.41) is 15.9. The summed E-state index contributed by atoms with van der Waals surface area (Å²) < 4.78 is 0. The summed E-state index contributed by atoms with van der Waals surface area (Å²) in [6.45, 7) is 11.6. The van der Waals surface area contributed by atoms with Crippen LogP contribution >= 0.6 is 0 Å². The summed E-state index contributed by atoms with van der Waals surface area (Å²) in [5.41, 5.74) is 1.36. The number of carbonyl (C=O) groups excluding carboxylic acids is 2. The molecule has 0 aliphatic carbocycles. The topological polar surface area (TPSA) is 81.7 Å². The van der Waals surface area contributed by atoms with E-state index in [0.29, 0.717) is 12.8 Å². The van der Waals surface area contributed by atoms with Crippen LogP contribution in [0, 0.1) is 0 Å². The number of aliphatic hydroxyl groups excluding tert-OH is 1. The average Bonchev–Trinajstić information content (AvgIpc) is 2.76. The predicted molar refractivity (Wildman–Crippen MR) is 137 cm³/mol. The third kappa shape index (κ3) is 8.58. The van der Waals surface area contributed by atoms with Crippen LogP contribution in [0.4, 0.5) is 0 Å². The maximum Gasteiger partial charge on any atom is 0.237 e. The second-order valence-electron chi connectivity index (χ2n) is 10.4. The highest BCUT2D eigenvalue weighted by atomic mass is 16.3. The van der Waals surface area contributed by atoms with Crippen molar-refractivity contribution in [2.24, 2.45) is 0 Å². The molecule has 2 atom stereocenters. The molecule has 2 amide bonds. The van der Waals surface area contributed by atoms with Crippen LogP contribution in [-0.2, 0) is 22.4 Å². The maximum atomic E-state index is 13.2. The van der Waals surface area contributed by atoms with E-state index in [1.54, 1.807) is 18.7 Å². The van der Waals surface area contributed by atoms with Crippen molar-refractivity contribution in [2.45, 2.75) is 77.5 Å². The Morgan fingerprint density at radius 3 is 1.44 bits per heavy atom. The van der Waals surface area contributed by atoms with E-state index < -0.39 is 23.2 Å². The van der Waals surface area contributed by atoms with Gasteiger partial charge in [-0.15, -0.1) is 0 Å². The Kier molecular flexibility index (Phi) is 9.83. The van der Waals surface area contributed by atoms with E-state index in [4.69, 9.17) is 0 Å². The zero-order valence-electron chi connectivity index (χ0n) is 21.5. The first-order chi connectivity index (χ1) is 15.9. The first-order valence-corrected chi connectivity index (χ1v) is 12.0. The van der Waals surface area contributed by atoms with Gasteiger partial charge in [-0.3, -0.25) is 14.5 Å². The lowest BCUT2D eigenvalue weighted by atomic mass is 9.94. The monoisotopic (exact) mass is 467 g/mol. The molecule has 0 radical (unpaired) electrons. The van der Waals surface area contributed by atoms with Crippen molar-refractivity contribution in [3.63, 3.8) is 0 Å². The largest absolute Gasteiger partial charge is 0.395 e. The van der Waals surface area contributed by atoms with Gasteiger partial charge < -0.3 is 15.7 Å². The molecule has 34 heavy (non-hydrogen) atoms. The number of amides is 2. The lowest BCUT2D eigenvalue weighted by molar-refractivity contribution is -0.133. The molecule has 2 aromatic carbocycles. The molecule has 0 saturated heterocycles. The van der Waals surface area contributed by atoms with Crippen molar-refractivity contribution >= 4 is 11.8 Å². The SMILES string of the molecule is CC(C(=O)NC(C)(C)Cc1ccccc1)N(CCO)C(C)C(=O)NC(C)(C)Cc1ccccc1. The third-order valence-electron chi connectivity index (χ3n) is 6.01. The lowest BCUT2D eigenvalue weighted by Crippen LogP contribution is -2.59. The van der Waals surface area contributed by atoms with E-state index in [1.807, 2.05) is 88.4 Å². The molecule has 0 bridgehead atoms. The molecule has 186 valence electrons. The Hall–Kier alpha value is -2.70. The van der Waals surface area contributed by atoms with Gasteiger partial charge in [0.2, 0.25) is 11.8 Å². The number of nitrogens with one attached hydrogen (secondary N) is 2. The molecule has 0 spiro atoms. The highest BCUT2D eigenvalue weighted by molar-refractivity contribution is 5.85. The first kappa shape index (κ1) is 27.5. The summed E-state index contributed by atoms with van der Waals surface area (Å²) >= 11 is 0. The summed E-state index contributed by atoms with van der Waals surface area (Å²) in [6, 6.07) is 18.9. The van der Waals surface area contributed by atoms with Gasteiger partial charge in [0.15, 0.2) is 0 Å². The van der Waals surface area contributed by atoms with Crippen molar-refractivity contribution in [3.05, 3.63) is 71.8 Å². The van der Waals surface area contributed by atoms with Gasteiger partial charge in [-0.05, 0) is 65.5 Å².